The van der Waals surface area contributed by atoms with Crippen LogP contribution >= 0.6 is 11.8 Å². The van der Waals surface area contributed by atoms with Gasteiger partial charge in [0.25, 0.3) is 0 Å². The molecule has 0 amide bonds. The number of aryl methyl sites for hydroxylation is 2. The standard InChI is InChI=1S/C12H20N2S/c1-4-5-6-15-12-7-9(2)14-10(3)11(12)8-13/h7H,4-6,8,13H2,1-3H3. The first kappa shape index (κ1) is 12.5. The summed E-state index contributed by atoms with van der Waals surface area (Å²) in [4.78, 5) is 5.76. The van der Waals surface area contributed by atoms with E-state index < -0.39 is 0 Å². The summed E-state index contributed by atoms with van der Waals surface area (Å²) in [5, 5.41) is 0. The fourth-order valence-electron chi connectivity index (χ4n) is 1.52. The zero-order valence-electron chi connectivity index (χ0n) is 9.84. The first-order valence-corrected chi connectivity index (χ1v) is 6.47. The minimum Gasteiger partial charge on any atom is -0.326 e. The third-order valence-electron chi connectivity index (χ3n) is 2.38. The molecule has 0 aliphatic rings. The Kier molecular flexibility index (Phi) is 5.12. The number of nitrogens with zero attached hydrogens (tertiary/aromatic N) is 1. The molecule has 0 saturated carbocycles. The lowest BCUT2D eigenvalue weighted by atomic mass is 10.2. The van der Waals surface area contributed by atoms with Crippen molar-refractivity contribution >= 4 is 11.8 Å². The molecule has 2 N–H and O–H groups in total. The molecule has 0 radical (unpaired) electrons. The van der Waals surface area contributed by atoms with Crippen LogP contribution in [0.3, 0.4) is 0 Å². The molecule has 2 nitrogen and oxygen atoms in total. The van der Waals surface area contributed by atoms with Crippen LogP contribution in [0.5, 0.6) is 0 Å². The average Bonchev–Trinajstić information content (AvgIpc) is 2.17. The van der Waals surface area contributed by atoms with E-state index in [1.165, 1.54) is 29.1 Å². The summed E-state index contributed by atoms with van der Waals surface area (Å²) in [7, 11) is 0. The van der Waals surface area contributed by atoms with Crippen molar-refractivity contribution in [2.24, 2.45) is 5.73 Å². The summed E-state index contributed by atoms with van der Waals surface area (Å²) in [6.07, 6.45) is 2.50. The van der Waals surface area contributed by atoms with Gasteiger partial charge in [0.1, 0.15) is 0 Å². The first-order valence-electron chi connectivity index (χ1n) is 5.49. The number of thioether (sulfide) groups is 1. The zero-order chi connectivity index (χ0) is 11.3. The fraction of sp³-hybridized carbons (Fsp3) is 0.583. The van der Waals surface area contributed by atoms with Crippen molar-refractivity contribution in [3.63, 3.8) is 0 Å². The molecule has 0 unspecified atom stereocenters. The minimum atomic E-state index is 0.591. The third kappa shape index (κ3) is 3.50. The molecule has 0 aliphatic heterocycles. The van der Waals surface area contributed by atoms with Crippen molar-refractivity contribution in [2.75, 3.05) is 5.75 Å². The number of aromatic nitrogens is 1. The van der Waals surface area contributed by atoms with Crippen molar-refractivity contribution in [2.45, 2.75) is 45.1 Å². The highest BCUT2D eigenvalue weighted by atomic mass is 32.2. The summed E-state index contributed by atoms with van der Waals surface area (Å²) in [5.74, 6) is 1.17. The first-order chi connectivity index (χ1) is 7.19. The van der Waals surface area contributed by atoms with E-state index in [4.69, 9.17) is 5.73 Å². The molecule has 15 heavy (non-hydrogen) atoms. The predicted molar refractivity (Wildman–Crippen MR) is 67.2 cm³/mol. The van der Waals surface area contributed by atoms with Gasteiger partial charge in [-0.2, -0.15) is 0 Å². The Bertz CT molecular complexity index is 324. The van der Waals surface area contributed by atoms with E-state index >= 15 is 0 Å². The van der Waals surface area contributed by atoms with E-state index in [1.807, 2.05) is 25.6 Å². The van der Waals surface area contributed by atoms with Gasteiger partial charge in [0.05, 0.1) is 0 Å². The Morgan fingerprint density at radius 3 is 2.73 bits per heavy atom. The highest BCUT2D eigenvalue weighted by Gasteiger charge is 2.06. The Balaban J connectivity index is 2.84. The molecule has 0 saturated heterocycles. The van der Waals surface area contributed by atoms with Gasteiger partial charge < -0.3 is 5.73 Å². The Morgan fingerprint density at radius 1 is 1.40 bits per heavy atom. The lowest BCUT2D eigenvalue weighted by molar-refractivity contribution is 0.892. The van der Waals surface area contributed by atoms with E-state index in [1.54, 1.807) is 0 Å². The molecule has 1 aromatic heterocycles. The van der Waals surface area contributed by atoms with Crippen molar-refractivity contribution in [3.05, 3.63) is 23.0 Å². The van der Waals surface area contributed by atoms with Crippen LogP contribution in [0.2, 0.25) is 0 Å². The molecule has 0 atom stereocenters. The maximum atomic E-state index is 5.75. The van der Waals surface area contributed by atoms with E-state index in [0.29, 0.717) is 6.54 Å². The number of nitrogens with two attached hydrogens (primary N) is 1. The maximum Gasteiger partial charge on any atom is 0.0431 e. The average molecular weight is 224 g/mol. The number of pyridine rings is 1. The predicted octanol–water partition coefficient (Wildman–Crippen LogP) is 3.05. The Labute approximate surface area is 96.7 Å². The molecular formula is C12H20N2S. The lowest BCUT2D eigenvalue weighted by Gasteiger charge is -2.10. The fourth-order valence-corrected chi connectivity index (χ4v) is 2.84. The van der Waals surface area contributed by atoms with Gasteiger partial charge in [0.15, 0.2) is 0 Å². The van der Waals surface area contributed by atoms with Crippen LogP contribution in [0.15, 0.2) is 11.0 Å². The van der Waals surface area contributed by atoms with Gasteiger partial charge >= 0.3 is 0 Å². The van der Waals surface area contributed by atoms with Crippen LogP contribution in [0.4, 0.5) is 0 Å². The molecule has 1 aromatic rings. The molecule has 0 aliphatic carbocycles. The second-order valence-electron chi connectivity index (χ2n) is 3.73. The molecule has 0 aromatic carbocycles. The number of unbranched alkanes of at least 4 members (excludes halogenated alkanes) is 1. The molecule has 0 fully saturated rings. The normalized spacial score (nSPS) is 10.7. The summed E-state index contributed by atoms with van der Waals surface area (Å²) in [6, 6.07) is 2.15. The van der Waals surface area contributed by atoms with Crippen LogP contribution in [0.1, 0.15) is 36.7 Å². The zero-order valence-corrected chi connectivity index (χ0v) is 10.7. The third-order valence-corrected chi connectivity index (χ3v) is 3.55. The molecule has 0 spiro atoms. The van der Waals surface area contributed by atoms with E-state index in [9.17, 15) is 0 Å². The monoisotopic (exact) mass is 224 g/mol. The second kappa shape index (κ2) is 6.13. The Hall–Kier alpha value is -0.540. The largest absolute Gasteiger partial charge is 0.326 e. The van der Waals surface area contributed by atoms with Crippen LogP contribution in [-0.2, 0) is 6.54 Å². The molecule has 1 rings (SSSR count). The van der Waals surface area contributed by atoms with Crippen LogP contribution in [-0.4, -0.2) is 10.7 Å². The second-order valence-corrected chi connectivity index (χ2v) is 4.87. The van der Waals surface area contributed by atoms with Crippen LogP contribution in [0, 0.1) is 13.8 Å². The number of hydrogen-bond acceptors (Lipinski definition) is 3. The van der Waals surface area contributed by atoms with Crippen molar-refractivity contribution < 1.29 is 0 Å². The summed E-state index contributed by atoms with van der Waals surface area (Å²) in [6.45, 7) is 6.89. The van der Waals surface area contributed by atoms with Gasteiger partial charge in [-0.15, -0.1) is 11.8 Å². The summed E-state index contributed by atoms with van der Waals surface area (Å²) in [5.41, 5.74) is 9.13. The van der Waals surface area contributed by atoms with Gasteiger partial charge in [-0.25, -0.2) is 0 Å². The van der Waals surface area contributed by atoms with Gasteiger partial charge in [0, 0.05) is 28.4 Å². The molecule has 3 heteroatoms. The SMILES string of the molecule is CCCCSc1cc(C)nc(C)c1CN. The van der Waals surface area contributed by atoms with E-state index in [2.05, 4.69) is 18.0 Å². The highest BCUT2D eigenvalue weighted by Crippen LogP contribution is 2.25. The van der Waals surface area contributed by atoms with Crippen LogP contribution in [0.25, 0.3) is 0 Å². The van der Waals surface area contributed by atoms with Gasteiger partial charge in [-0.05, 0) is 32.1 Å². The van der Waals surface area contributed by atoms with Gasteiger partial charge in [-0.3, -0.25) is 4.98 Å². The quantitative estimate of drug-likeness (QED) is 0.617. The molecule has 1 heterocycles. The Morgan fingerprint density at radius 2 is 2.13 bits per heavy atom. The topological polar surface area (TPSA) is 38.9 Å². The van der Waals surface area contributed by atoms with Gasteiger partial charge in [0.2, 0.25) is 0 Å². The van der Waals surface area contributed by atoms with Crippen LogP contribution < -0.4 is 5.73 Å². The number of hydrogen-bond donors (Lipinski definition) is 1. The van der Waals surface area contributed by atoms with Crippen molar-refractivity contribution in [3.8, 4) is 0 Å². The number of rotatable bonds is 5. The smallest absolute Gasteiger partial charge is 0.0431 e. The lowest BCUT2D eigenvalue weighted by Crippen LogP contribution is -2.04. The molecule has 0 bridgehead atoms. The van der Waals surface area contributed by atoms with Crippen molar-refractivity contribution in [1.29, 1.82) is 0 Å². The summed E-state index contributed by atoms with van der Waals surface area (Å²) < 4.78 is 0. The van der Waals surface area contributed by atoms with Crippen molar-refractivity contribution in [1.82, 2.24) is 4.98 Å². The maximum absolute atomic E-state index is 5.75. The summed E-state index contributed by atoms with van der Waals surface area (Å²) >= 11 is 1.90. The van der Waals surface area contributed by atoms with E-state index in [0.717, 1.165) is 11.4 Å². The van der Waals surface area contributed by atoms with Gasteiger partial charge in [-0.1, -0.05) is 13.3 Å². The molecular weight excluding hydrogens is 204 g/mol. The minimum absolute atomic E-state index is 0.591. The van der Waals surface area contributed by atoms with E-state index in [-0.39, 0.29) is 0 Å². The molecule has 84 valence electrons. The highest BCUT2D eigenvalue weighted by molar-refractivity contribution is 7.99.